The molecule has 2 N–H and O–H groups in total. The van der Waals surface area contributed by atoms with E-state index in [1.807, 2.05) is 11.8 Å². The summed E-state index contributed by atoms with van der Waals surface area (Å²) in [7, 11) is 0. The summed E-state index contributed by atoms with van der Waals surface area (Å²) >= 11 is 5.33. The second-order valence-corrected chi connectivity index (χ2v) is 6.75. The Morgan fingerprint density at radius 1 is 1.39 bits per heavy atom. The van der Waals surface area contributed by atoms with E-state index >= 15 is 0 Å². The van der Waals surface area contributed by atoms with Crippen molar-refractivity contribution in [3.63, 3.8) is 0 Å². The second-order valence-electron chi connectivity index (χ2n) is 4.70. The van der Waals surface area contributed by atoms with E-state index in [9.17, 15) is 0 Å². The molecular formula is C14H22BrNOS. The molecule has 0 fully saturated rings. The predicted octanol–water partition coefficient (Wildman–Crippen LogP) is 3.67. The Kier molecular flexibility index (Phi) is 7.98. The van der Waals surface area contributed by atoms with Gasteiger partial charge in [0.25, 0.3) is 0 Å². The zero-order valence-corrected chi connectivity index (χ0v) is 13.5. The van der Waals surface area contributed by atoms with Crippen molar-refractivity contribution in [2.45, 2.75) is 31.7 Å². The number of aliphatic hydroxyl groups is 1. The van der Waals surface area contributed by atoms with Crippen LogP contribution in [0.5, 0.6) is 0 Å². The lowest BCUT2D eigenvalue weighted by molar-refractivity contribution is 0.296. The minimum absolute atomic E-state index is 0.266. The molecule has 0 atom stereocenters. The molecule has 1 rings (SSSR count). The Bertz CT molecular complexity index is 358. The molecule has 0 unspecified atom stereocenters. The fourth-order valence-corrected chi connectivity index (χ4v) is 3.09. The van der Waals surface area contributed by atoms with Crippen LogP contribution in [0.25, 0.3) is 0 Å². The van der Waals surface area contributed by atoms with Crippen molar-refractivity contribution in [3.05, 3.63) is 28.2 Å². The topological polar surface area (TPSA) is 32.3 Å². The van der Waals surface area contributed by atoms with Crippen LogP contribution in [0.4, 0.5) is 0 Å². The summed E-state index contributed by atoms with van der Waals surface area (Å²) < 4.78 is 1.11. The minimum atomic E-state index is 0.266. The van der Waals surface area contributed by atoms with E-state index in [0.717, 1.165) is 29.7 Å². The van der Waals surface area contributed by atoms with E-state index in [4.69, 9.17) is 5.11 Å². The molecule has 18 heavy (non-hydrogen) atoms. The molecule has 2 nitrogen and oxygen atoms in total. The van der Waals surface area contributed by atoms with Gasteiger partial charge in [-0.1, -0.05) is 35.8 Å². The number of hydrogen-bond acceptors (Lipinski definition) is 3. The van der Waals surface area contributed by atoms with Crippen LogP contribution in [0.1, 0.15) is 25.8 Å². The Hall–Kier alpha value is -0.0300. The van der Waals surface area contributed by atoms with Crippen LogP contribution in [0.2, 0.25) is 0 Å². The average molecular weight is 332 g/mol. The molecular weight excluding hydrogens is 310 g/mol. The highest BCUT2D eigenvalue weighted by Crippen LogP contribution is 2.27. The summed E-state index contributed by atoms with van der Waals surface area (Å²) in [4.78, 5) is 1.30. The first-order valence-corrected chi connectivity index (χ1v) is 8.14. The third-order valence-corrected chi connectivity index (χ3v) is 4.13. The van der Waals surface area contributed by atoms with Gasteiger partial charge < -0.3 is 10.4 Å². The van der Waals surface area contributed by atoms with Crippen molar-refractivity contribution in [3.8, 4) is 0 Å². The number of benzene rings is 1. The van der Waals surface area contributed by atoms with Gasteiger partial charge in [0.05, 0.1) is 0 Å². The molecule has 0 amide bonds. The second kappa shape index (κ2) is 8.97. The monoisotopic (exact) mass is 331 g/mol. The molecule has 0 spiro atoms. The van der Waals surface area contributed by atoms with Gasteiger partial charge >= 0.3 is 0 Å². The van der Waals surface area contributed by atoms with Crippen LogP contribution >= 0.6 is 27.7 Å². The summed E-state index contributed by atoms with van der Waals surface area (Å²) in [6.07, 6.45) is 0.843. The van der Waals surface area contributed by atoms with Crippen LogP contribution in [-0.4, -0.2) is 24.0 Å². The highest BCUT2D eigenvalue weighted by molar-refractivity contribution is 9.10. The van der Waals surface area contributed by atoms with Gasteiger partial charge in [0.1, 0.15) is 0 Å². The number of halogens is 1. The lowest BCUT2D eigenvalue weighted by Gasteiger charge is -2.12. The smallest absolute Gasteiger partial charge is 0.0439 e. The third kappa shape index (κ3) is 6.23. The molecule has 1 aromatic carbocycles. The van der Waals surface area contributed by atoms with Crippen LogP contribution < -0.4 is 5.32 Å². The van der Waals surface area contributed by atoms with Gasteiger partial charge in [-0.25, -0.2) is 0 Å². The van der Waals surface area contributed by atoms with E-state index in [-0.39, 0.29) is 6.61 Å². The maximum atomic E-state index is 8.84. The Labute approximate surface area is 123 Å². The Balaban J connectivity index is 2.58. The van der Waals surface area contributed by atoms with Crippen molar-refractivity contribution in [2.75, 3.05) is 18.9 Å². The molecule has 0 bridgehead atoms. The average Bonchev–Trinajstić information content (AvgIpc) is 2.32. The van der Waals surface area contributed by atoms with Crippen LogP contribution in [0, 0.1) is 5.92 Å². The number of hydrogen-bond donors (Lipinski definition) is 2. The highest BCUT2D eigenvalue weighted by atomic mass is 79.9. The standard InChI is InChI=1S/C14H22BrNOS/c1-11(2)9-16-10-12-4-5-13(15)8-14(12)18-7-3-6-17/h4-5,8,11,16-17H,3,6-7,9-10H2,1-2H3. The molecule has 0 aliphatic carbocycles. The first-order chi connectivity index (χ1) is 8.63. The van der Waals surface area contributed by atoms with Crippen LogP contribution in [0.15, 0.2) is 27.6 Å². The largest absolute Gasteiger partial charge is 0.396 e. The maximum Gasteiger partial charge on any atom is 0.0439 e. The molecule has 0 aromatic heterocycles. The summed E-state index contributed by atoms with van der Waals surface area (Å²) in [5.41, 5.74) is 1.33. The van der Waals surface area contributed by atoms with Gasteiger partial charge in [0.15, 0.2) is 0 Å². The molecule has 0 saturated carbocycles. The van der Waals surface area contributed by atoms with E-state index in [2.05, 4.69) is 53.3 Å². The SMILES string of the molecule is CC(C)CNCc1ccc(Br)cc1SCCCO. The molecule has 0 aliphatic rings. The van der Waals surface area contributed by atoms with E-state index in [1.54, 1.807) is 0 Å². The van der Waals surface area contributed by atoms with Crippen molar-refractivity contribution in [1.82, 2.24) is 5.32 Å². The maximum absolute atomic E-state index is 8.84. The van der Waals surface area contributed by atoms with Crippen molar-refractivity contribution in [2.24, 2.45) is 5.92 Å². The fraction of sp³-hybridized carbons (Fsp3) is 0.571. The zero-order valence-electron chi connectivity index (χ0n) is 11.1. The van der Waals surface area contributed by atoms with Crippen molar-refractivity contribution in [1.29, 1.82) is 0 Å². The predicted molar refractivity (Wildman–Crippen MR) is 83.1 cm³/mol. The van der Waals surface area contributed by atoms with E-state index in [1.165, 1.54) is 10.5 Å². The van der Waals surface area contributed by atoms with Crippen LogP contribution in [0.3, 0.4) is 0 Å². The third-order valence-electron chi connectivity index (χ3n) is 2.46. The molecule has 1 aromatic rings. The first-order valence-electron chi connectivity index (χ1n) is 6.36. The van der Waals surface area contributed by atoms with Gasteiger partial charge in [0.2, 0.25) is 0 Å². The molecule has 4 heteroatoms. The molecule has 102 valence electrons. The number of thioether (sulfide) groups is 1. The van der Waals surface area contributed by atoms with Gasteiger partial charge in [-0.15, -0.1) is 11.8 Å². The van der Waals surface area contributed by atoms with Gasteiger partial charge in [-0.05, 0) is 36.6 Å². The van der Waals surface area contributed by atoms with E-state index in [0.29, 0.717) is 5.92 Å². The molecule has 0 saturated heterocycles. The number of aliphatic hydroxyl groups excluding tert-OH is 1. The van der Waals surface area contributed by atoms with E-state index < -0.39 is 0 Å². The minimum Gasteiger partial charge on any atom is -0.396 e. The van der Waals surface area contributed by atoms with Gasteiger partial charge in [-0.3, -0.25) is 0 Å². The van der Waals surface area contributed by atoms with Crippen molar-refractivity contribution < 1.29 is 5.11 Å². The number of rotatable bonds is 8. The summed E-state index contributed by atoms with van der Waals surface area (Å²) in [6, 6.07) is 6.41. The quantitative estimate of drug-likeness (QED) is 0.563. The Morgan fingerprint density at radius 3 is 2.83 bits per heavy atom. The van der Waals surface area contributed by atoms with Crippen LogP contribution in [-0.2, 0) is 6.54 Å². The number of nitrogens with one attached hydrogen (secondary N) is 1. The zero-order chi connectivity index (χ0) is 13.4. The summed E-state index contributed by atoms with van der Waals surface area (Å²) in [5.74, 6) is 1.63. The molecule has 0 aliphatic heterocycles. The summed E-state index contributed by atoms with van der Waals surface area (Å²) in [5, 5.41) is 12.3. The molecule has 0 heterocycles. The lowest BCUT2D eigenvalue weighted by atomic mass is 10.2. The highest BCUT2D eigenvalue weighted by Gasteiger charge is 2.04. The van der Waals surface area contributed by atoms with Gasteiger partial charge in [0, 0.05) is 28.3 Å². The summed E-state index contributed by atoms with van der Waals surface area (Å²) in [6.45, 7) is 6.64. The first kappa shape index (κ1) is 16.0. The van der Waals surface area contributed by atoms with Crippen molar-refractivity contribution >= 4 is 27.7 Å². The Morgan fingerprint density at radius 2 is 2.17 bits per heavy atom. The molecule has 0 radical (unpaired) electrons. The fourth-order valence-electron chi connectivity index (χ4n) is 1.55. The van der Waals surface area contributed by atoms with Gasteiger partial charge in [-0.2, -0.15) is 0 Å². The lowest BCUT2D eigenvalue weighted by Crippen LogP contribution is -2.19. The normalized spacial score (nSPS) is 11.2.